The highest BCUT2D eigenvalue weighted by atomic mass is 35.5. The van der Waals surface area contributed by atoms with E-state index in [-0.39, 0.29) is 10.8 Å². The van der Waals surface area contributed by atoms with Gasteiger partial charge in [0.25, 0.3) is 0 Å². The molecule has 0 fully saturated rings. The molecule has 0 radical (unpaired) electrons. The molecule has 2 aromatic rings. The van der Waals surface area contributed by atoms with Crippen LogP contribution in [0.15, 0.2) is 30.3 Å². The van der Waals surface area contributed by atoms with Crippen LogP contribution >= 0.6 is 34.8 Å². The average molecular weight is 319 g/mol. The molecule has 0 heterocycles. The maximum absolute atomic E-state index is 13.4. The molecule has 100 valence electrons. The van der Waals surface area contributed by atoms with Crippen molar-refractivity contribution >= 4 is 34.8 Å². The van der Waals surface area contributed by atoms with E-state index in [0.717, 1.165) is 0 Å². The Morgan fingerprint density at radius 1 is 1.00 bits per heavy atom. The second kappa shape index (κ2) is 5.68. The van der Waals surface area contributed by atoms with Gasteiger partial charge in [-0.2, -0.15) is 0 Å². The molecule has 0 spiro atoms. The molecule has 0 bridgehead atoms. The predicted octanol–water partition coefficient (Wildman–Crippen LogP) is 5.14. The Hall–Kier alpha value is -0.800. The largest absolute Gasteiger partial charge is 0.320 e. The molecule has 0 saturated heterocycles. The number of benzene rings is 2. The van der Waals surface area contributed by atoms with Gasteiger partial charge in [-0.25, -0.2) is 4.39 Å². The van der Waals surface area contributed by atoms with Crippen molar-refractivity contribution in [3.05, 3.63) is 67.9 Å². The molecule has 1 atom stereocenters. The van der Waals surface area contributed by atoms with Crippen molar-refractivity contribution in [1.82, 2.24) is 0 Å². The quantitative estimate of drug-likeness (QED) is 0.815. The second-order valence-electron chi connectivity index (χ2n) is 4.27. The summed E-state index contributed by atoms with van der Waals surface area (Å²) in [5.41, 5.74) is 7.91. The second-order valence-corrected chi connectivity index (χ2v) is 5.52. The van der Waals surface area contributed by atoms with Crippen molar-refractivity contribution in [2.45, 2.75) is 13.0 Å². The zero-order chi connectivity index (χ0) is 14.2. The van der Waals surface area contributed by atoms with Crippen LogP contribution < -0.4 is 5.73 Å². The fourth-order valence-corrected chi connectivity index (χ4v) is 2.52. The Labute approximate surface area is 126 Å². The van der Waals surface area contributed by atoms with Crippen molar-refractivity contribution in [2.24, 2.45) is 5.73 Å². The van der Waals surface area contributed by atoms with Gasteiger partial charge in [0.05, 0.1) is 6.04 Å². The summed E-state index contributed by atoms with van der Waals surface area (Å²) in [7, 11) is 0. The predicted molar refractivity (Wildman–Crippen MR) is 78.6 cm³/mol. The number of aryl methyl sites for hydroxylation is 1. The van der Waals surface area contributed by atoms with Crippen molar-refractivity contribution < 1.29 is 4.39 Å². The van der Waals surface area contributed by atoms with Crippen LogP contribution in [0.2, 0.25) is 15.1 Å². The zero-order valence-electron chi connectivity index (χ0n) is 10.1. The topological polar surface area (TPSA) is 26.0 Å². The summed E-state index contributed by atoms with van der Waals surface area (Å²) in [4.78, 5) is 0. The highest BCUT2D eigenvalue weighted by molar-refractivity contribution is 6.34. The minimum Gasteiger partial charge on any atom is -0.320 e. The van der Waals surface area contributed by atoms with Gasteiger partial charge in [-0.15, -0.1) is 0 Å². The van der Waals surface area contributed by atoms with E-state index in [9.17, 15) is 4.39 Å². The zero-order valence-corrected chi connectivity index (χ0v) is 12.3. The first-order valence-electron chi connectivity index (χ1n) is 5.56. The monoisotopic (exact) mass is 317 g/mol. The van der Waals surface area contributed by atoms with Gasteiger partial charge in [0, 0.05) is 15.1 Å². The van der Waals surface area contributed by atoms with E-state index >= 15 is 0 Å². The highest BCUT2D eigenvalue weighted by Gasteiger charge is 2.17. The number of rotatable bonds is 2. The molecule has 1 nitrogen and oxygen atoms in total. The first kappa shape index (κ1) is 14.6. The van der Waals surface area contributed by atoms with E-state index in [1.165, 1.54) is 6.07 Å². The molecule has 2 rings (SSSR count). The summed E-state index contributed by atoms with van der Waals surface area (Å²) in [5, 5.41) is 1.30. The van der Waals surface area contributed by atoms with E-state index in [4.69, 9.17) is 40.5 Å². The van der Waals surface area contributed by atoms with Gasteiger partial charge in [-0.1, -0.05) is 34.8 Å². The molecule has 5 heteroatoms. The number of halogens is 4. The molecule has 2 N–H and O–H groups in total. The molecule has 0 saturated carbocycles. The maximum atomic E-state index is 13.4. The van der Waals surface area contributed by atoms with E-state index < -0.39 is 6.04 Å². The molecule has 0 aliphatic carbocycles. The van der Waals surface area contributed by atoms with Crippen LogP contribution in [0.5, 0.6) is 0 Å². The normalized spacial score (nSPS) is 12.5. The van der Waals surface area contributed by atoms with E-state index in [1.807, 2.05) is 0 Å². The van der Waals surface area contributed by atoms with Crippen molar-refractivity contribution in [3.8, 4) is 0 Å². The summed E-state index contributed by atoms with van der Waals surface area (Å²) < 4.78 is 13.4. The van der Waals surface area contributed by atoms with Crippen LogP contribution in [0.4, 0.5) is 4.39 Å². The lowest BCUT2D eigenvalue weighted by molar-refractivity contribution is 0.617. The van der Waals surface area contributed by atoms with Crippen LogP contribution in [0.25, 0.3) is 0 Å². The van der Waals surface area contributed by atoms with Gasteiger partial charge in [0.2, 0.25) is 0 Å². The summed E-state index contributed by atoms with van der Waals surface area (Å²) >= 11 is 18.1. The fraction of sp³-hybridized carbons (Fsp3) is 0.143. The van der Waals surface area contributed by atoms with Gasteiger partial charge in [-0.3, -0.25) is 0 Å². The molecular weight excluding hydrogens is 308 g/mol. The molecule has 19 heavy (non-hydrogen) atoms. The number of hydrogen-bond acceptors (Lipinski definition) is 1. The smallest absolute Gasteiger partial charge is 0.127 e. The Bertz CT molecular complexity index is 628. The summed E-state index contributed by atoms with van der Waals surface area (Å²) in [6, 6.07) is 7.35. The van der Waals surface area contributed by atoms with Gasteiger partial charge >= 0.3 is 0 Å². The lowest BCUT2D eigenvalue weighted by Gasteiger charge is -2.17. The highest BCUT2D eigenvalue weighted by Crippen LogP contribution is 2.33. The van der Waals surface area contributed by atoms with Gasteiger partial charge in [-0.05, 0) is 53.9 Å². The van der Waals surface area contributed by atoms with Gasteiger partial charge < -0.3 is 5.73 Å². The van der Waals surface area contributed by atoms with Crippen LogP contribution in [0.1, 0.15) is 22.7 Å². The molecule has 0 amide bonds. The Morgan fingerprint density at radius 2 is 1.63 bits per heavy atom. The Morgan fingerprint density at radius 3 is 2.32 bits per heavy atom. The molecule has 2 aromatic carbocycles. The van der Waals surface area contributed by atoms with Crippen LogP contribution in [-0.2, 0) is 0 Å². The van der Waals surface area contributed by atoms with E-state index in [1.54, 1.807) is 31.2 Å². The third kappa shape index (κ3) is 3.03. The van der Waals surface area contributed by atoms with Crippen molar-refractivity contribution in [3.63, 3.8) is 0 Å². The van der Waals surface area contributed by atoms with Crippen LogP contribution in [0, 0.1) is 12.7 Å². The number of nitrogens with two attached hydrogens (primary N) is 1. The maximum Gasteiger partial charge on any atom is 0.127 e. The van der Waals surface area contributed by atoms with E-state index in [0.29, 0.717) is 26.7 Å². The van der Waals surface area contributed by atoms with Gasteiger partial charge in [0.15, 0.2) is 0 Å². The summed E-state index contributed by atoms with van der Waals surface area (Å²) in [6.07, 6.45) is 0. The first-order chi connectivity index (χ1) is 8.90. The van der Waals surface area contributed by atoms with E-state index in [2.05, 4.69) is 0 Å². The molecular formula is C14H11Cl3FN. The Balaban J connectivity index is 2.52. The minimum atomic E-state index is -0.557. The minimum absolute atomic E-state index is 0.270. The lowest BCUT2D eigenvalue weighted by atomic mass is 9.98. The molecule has 0 aliphatic heterocycles. The third-order valence-electron chi connectivity index (χ3n) is 2.91. The van der Waals surface area contributed by atoms with Crippen molar-refractivity contribution in [1.29, 1.82) is 0 Å². The molecule has 0 aliphatic rings. The third-order valence-corrected chi connectivity index (χ3v) is 3.81. The molecule has 0 aromatic heterocycles. The summed E-state index contributed by atoms with van der Waals surface area (Å²) in [5.74, 6) is -0.363. The molecule has 1 unspecified atom stereocenters. The lowest BCUT2D eigenvalue weighted by Crippen LogP contribution is -2.13. The number of hydrogen-bond donors (Lipinski definition) is 1. The first-order valence-corrected chi connectivity index (χ1v) is 6.69. The fourth-order valence-electron chi connectivity index (χ4n) is 1.84. The van der Waals surface area contributed by atoms with Crippen LogP contribution in [0.3, 0.4) is 0 Å². The van der Waals surface area contributed by atoms with Crippen LogP contribution in [-0.4, -0.2) is 0 Å². The summed E-state index contributed by atoms with van der Waals surface area (Å²) in [6.45, 7) is 1.65. The average Bonchev–Trinajstić information content (AvgIpc) is 2.36. The standard InChI is InChI=1S/C14H11Cl3FN/c1-7-4-9(12(17)6-13(7)18)14(19)10-5-8(15)2-3-11(10)16/h2-6,14H,19H2,1H3. The SMILES string of the molecule is Cc1cc(C(N)c2cc(Cl)ccc2Cl)c(Cl)cc1F. The van der Waals surface area contributed by atoms with Crippen molar-refractivity contribution in [2.75, 3.05) is 0 Å². The Kier molecular flexibility index (Phi) is 4.36. The van der Waals surface area contributed by atoms with Gasteiger partial charge in [0.1, 0.15) is 5.82 Å².